The number of ether oxygens (including phenoxy) is 4. The van der Waals surface area contributed by atoms with Crippen molar-refractivity contribution in [3.63, 3.8) is 0 Å². The van der Waals surface area contributed by atoms with Crippen molar-refractivity contribution in [3.05, 3.63) is 47.8 Å². The quantitative estimate of drug-likeness (QED) is 0.412. The number of aromatic hydroxyl groups is 1. The second-order valence-corrected chi connectivity index (χ2v) is 7.78. The lowest BCUT2D eigenvalue weighted by atomic mass is 9.99. The van der Waals surface area contributed by atoms with Crippen molar-refractivity contribution >= 4 is 23.2 Å². The zero-order chi connectivity index (χ0) is 22.4. The highest BCUT2D eigenvalue weighted by atomic mass is 35.5. The average molecular weight is 462 g/mol. The van der Waals surface area contributed by atoms with Gasteiger partial charge in [0.25, 0.3) is 0 Å². The Morgan fingerprint density at radius 1 is 0.938 bits per heavy atom. The number of pyridine rings is 1. The van der Waals surface area contributed by atoms with Gasteiger partial charge in [-0.25, -0.2) is 0 Å². The van der Waals surface area contributed by atoms with E-state index in [-0.39, 0.29) is 18.2 Å². The van der Waals surface area contributed by atoms with Crippen molar-refractivity contribution in [2.45, 2.75) is 33.6 Å². The van der Waals surface area contributed by atoms with Gasteiger partial charge in [-0.05, 0) is 60.4 Å². The van der Waals surface area contributed by atoms with Crippen molar-refractivity contribution in [3.8, 4) is 28.7 Å². The standard InChI is InChI=1S/C25H31NO5.ClH/c1-6-30-21-8-7-19-18(14-26-15-20(19)24(21)27)11-17-12-22(28-4)25(23(13-17)29-5)31-10-9-16(2)3;/h7-8,12-16,27H,6,9-11H2,1-5H3;1H. The number of methoxy groups -OCH3 is 2. The molecule has 1 aromatic heterocycles. The smallest absolute Gasteiger partial charge is 0.203 e. The zero-order valence-corrected chi connectivity index (χ0v) is 20.1. The number of hydrogen-bond donors (Lipinski definition) is 1. The molecule has 0 aliphatic carbocycles. The number of nitrogens with zero attached hydrogens (tertiary/aromatic N) is 1. The van der Waals surface area contributed by atoms with E-state index >= 15 is 0 Å². The maximum atomic E-state index is 10.6. The van der Waals surface area contributed by atoms with Gasteiger partial charge in [0.15, 0.2) is 23.0 Å². The van der Waals surface area contributed by atoms with Gasteiger partial charge in [0.2, 0.25) is 5.75 Å². The molecule has 0 atom stereocenters. The molecule has 0 fully saturated rings. The van der Waals surface area contributed by atoms with Crippen LogP contribution in [0.4, 0.5) is 0 Å². The Kier molecular flexibility index (Phi) is 9.27. The Morgan fingerprint density at radius 2 is 1.62 bits per heavy atom. The summed E-state index contributed by atoms with van der Waals surface area (Å²) in [4.78, 5) is 4.33. The molecule has 0 unspecified atom stereocenters. The van der Waals surface area contributed by atoms with Gasteiger partial charge < -0.3 is 24.1 Å². The number of fused-ring (bicyclic) bond motifs is 1. The predicted molar refractivity (Wildman–Crippen MR) is 129 cm³/mol. The van der Waals surface area contributed by atoms with E-state index in [1.54, 1.807) is 26.5 Å². The molecule has 32 heavy (non-hydrogen) atoms. The Morgan fingerprint density at radius 3 is 2.22 bits per heavy atom. The summed E-state index contributed by atoms with van der Waals surface area (Å²) in [6, 6.07) is 7.66. The summed E-state index contributed by atoms with van der Waals surface area (Å²) in [6.45, 7) is 7.29. The molecule has 0 spiro atoms. The number of aromatic nitrogens is 1. The molecule has 1 N–H and O–H groups in total. The molecule has 7 heteroatoms. The van der Waals surface area contributed by atoms with Gasteiger partial charge in [-0.3, -0.25) is 4.98 Å². The van der Waals surface area contributed by atoms with E-state index in [0.29, 0.717) is 53.9 Å². The van der Waals surface area contributed by atoms with E-state index in [0.717, 1.165) is 22.9 Å². The minimum atomic E-state index is 0. The first-order valence-electron chi connectivity index (χ1n) is 10.6. The lowest BCUT2D eigenvalue weighted by molar-refractivity contribution is 0.257. The first kappa shape index (κ1) is 25.4. The first-order valence-corrected chi connectivity index (χ1v) is 10.6. The second-order valence-electron chi connectivity index (χ2n) is 7.78. The van der Waals surface area contributed by atoms with Gasteiger partial charge in [0, 0.05) is 17.8 Å². The van der Waals surface area contributed by atoms with Gasteiger partial charge >= 0.3 is 0 Å². The second kappa shape index (κ2) is 11.7. The molecule has 0 amide bonds. The number of hydrogen-bond acceptors (Lipinski definition) is 6. The van der Waals surface area contributed by atoms with Crippen LogP contribution >= 0.6 is 12.4 Å². The number of halogens is 1. The minimum absolute atomic E-state index is 0. The van der Waals surface area contributed by atoms with Gasteiger partial charge in [0.05, 0.1) is 27.4 Å². The maximum absolute atomic E-state index is 10.6. The van der Waals surface area contributed by atoms with Crippen LogP contribution in [0.2, 0.25) is 0 Å². The van der Waals surface area contributed by atoms with Gasteiger partial charge in [-0.2, -0.15) is 0 Å². The molecule has 0 radical (unpaired) electrons. The van der Waals surface area contributed by atoms with Gasteiger partial charge in [0.1, 0.15) is 0 Å². The van der Waals surface area contributed by atoms with Crippen molar-refractivity contribution in [1.82, 2.24) is 4.98 Å². The minimum Gasteiger partial charge on any atom is -0.504 e. The fraction of sp³-hybridized carbons (Fsp3) is 0.400. The predicted octanol–water partition coefficient (Wildman–Crippen LogP) is 5.79. The molecule has 0 saturated carbocycles. The molecule has 0 aliphatic rings. The largest absolute Gasteiger partial charge is 0.504 e. The van der Waals surface area contributed by atoms with Crippen LogP contribution in [0.15, 0.2) is 36.7 Å². The molecule has 1 heterocycles. The molecule has 3 aromatic rings. The Bertz CT molecular complexity index is 1010. The summed E-state index contributed by atoms with van der Waals surface area (Å²) >= 11 is 0. The van der Waals surface area contributed by atoms with Crippen LogP contribution in [0.1, 0.15) is 38.3 Å². The fourth-order valence-corrected chi connectivity index (χ4v) is 3.48. The van der Waals surface area contributed by atoms with Crippen LogP contribution < -0.4 is 18.9 Å². The molecular formula is C25H32ClNO5. The van der Waals surface area contributed by atoms with E-state index in [4.69, 9.17) is 18.9 Å². The normalized spacial score (nSPS) is 10.7. The zero-order valence-electron chi connectivity index (χ0n) is 19.3. The highest BCUT2D eigenvalue weighted by Crippen LogP contribution is 2.40. The first-order chi connectivity index (χ1) is 15.0. The number of rotatable bonds is 10. The molecule has 0 aliphatic heterocycles. The number of benzene rings is 2. The van der Waals surface area contributed by atoms with Crippen LogP contribution in [0.5, 0.6) is 28.7 Å². The number of phenolic OH excluding ortho intramolecular Hbond substituents is 1. The average Bonchev–Trinajstić information content (AvgIpc) is 2.76. The van der Waals surface area contributed by atoms with Crippen LogP contribution in [0, 0.1) is 5.92 Å². The summed E-state index contributed by atoms with van der Waals surface area (Å²) in [5.41, 5.74) is 1.97. The fourth-order valence-electron chi connectivity index (χ4n) is 3.48. The SMILES string of the molecule is CCOc1ccc2c(Cc3cc(OC)c(OCCC(C)C)c(OC)c3)cncc2c1O.Cl. The summed E-state index contributed by atoms with van der Waals surface area (Å²) in [7, 11) is 3.25. The molecule has 3 rings (SSSR count). The molecule has 0 saturated heterocycles. The van der Waals surface area contributed by atoms with Crippen molar-refractivity contribution in [1.29, 1.82) is 0 Å². The Hall–Kier alpha value is -2.86. The third kappa shape index (κ3) is 5.68. The van der Waals surface area contributed by atoms with Crippen molar-refractivity contribution in [2.24, 2.45) is 5.92 Å². The van der Waals surface area contributed by atoms with Gasteiger partial charge in [-0.1, -0.05) is 19.9 Å². The van der Waals surface area contributed by atoms with Crippen LogP contribution in [-0.2, 0) is 6.42 Å². The van der Waals surface area contributed by atoms with Crippen LogP contribution in [0.25, 0.3) is 10.8 Å². The topological polar surface area (TPSA) is 70.0 Å². The summed E-state index contributed by atoms with van der Waals surface area (Å²) < 4.78 is 22.7. The highest BCUT2D eigenvalue weighted by Gasteiger charge is 2.16. The van der Waals surface area contributed by atoms with Crippen LogP contribution in [-0.4, -0.2) is 37.5 Å². The van der Waals surface area contributed by atoms with E-state index in [9.17, 15) is 5.11 Å². The molecule has 6 nitrogen and oxygen atoms in total. The lowest BCUT2D eigenvalue weighted by Gasteiger charge is -2.17. The van der Waals surface area contributed by atoms with E-state index in [2.05, 4.69) is 18.8 Å². The van der Waals surface area contributed by atoms with E-state index < -0.39 is 0 Å². The summed E-state index contributed by atoms with van der Waals surface area (Å²) in [6.07, 6.45) is 5.01. The third-order valence-corrected chi connectivity index (χ3v) is 5.12. The summed E-state index contributed by atoms with van der Waals surface area (Å²) in [5, 5.41) is 12.2. The van der Waals surface area contributed by atoms with Crippen LogP contribution in [0.3, 0.4) is 0 Å². The van der Waals surface area contributed by atoms with E-state index in [1.165, 1.54) is 0 Å². The van der Waals surface area contributed by atoms with Crippen molar-refractivity contribution < 1.29 is 24.1 Å². The third-order valence-electron chi connectivity index (χ3n) is 5.12. The summed E-state index contributed by atoms with van der Waals surface area (Å²) in [5.74, 6) is 3.00. The Labute approximate surface area is 195 Å². The highest BCUT2D eigenvalue weighted by molar-refractivity contribution is 5.92. The molecule has 174 valence electrons. The van der Waals surface area contributed by atoms with Crippen molar-refractivity contribution in [2.75, 3.05) is 27.4 Å². The lowest BCUT2D eigenvalue weighted by Crippen LogP contribution is -2.05. The monoisotopic (exact) mass is 461 g/mol. The maximum Gasteiger partial charge on any atom is 0.203 e. The Balaban J connectivity index is 0.00000363. The van der Waals surface area contributed by atoms with Gasteiger partial charge in [-0.15, -0.1) is 12.4 Å². The number of phenols is 1. The molecule has 0 bridgehead atoms. The van der Waals surface area contributed by atoms with E-state index in [1.807, 2.05) is 31.3 Å². The molecule has 2 aromatic carbocycles. The molecular weight excluding hydrogens is 430 g/mol.